The van der Waals surface area contributed by atoms with Crippen LogP contribution >= 0.6 is 0 Å². The third-order valence-corrected chi connectivity index (χ3v) is 10.3. The van der Waals surface area contributed by atoms with Crippen molar-refractivity contribution in [3.8, 4) is 11.1 Å². The highest BCUT2D eigenvalue weighted by atomic mass is 32.2. The van der Waals surface area contributed by atoms with Crippen LogP contribution in [0.3, 0.4) is 0 Å². The van der Waals surface area contributed by atoms with Gasteiger partial charge < -0.3 is 4.74 Å². The van der Waals surface area contributed by atoms with E-state index in [1.807, 2.05) is 42.5 Å². The summed E-state index contributed by atoms with van der Waals surface area (Å²) in [7, 11) is -3.28. The van der Waals surface area contributed by atoms with E-state index in [1.165, 1.54) is 12.1 Å². The normalized spacial score (nSPS) is 18.2. The zero-order valence-corrected chi connectivity index (χ0v) is 25.0. The summed E-state index contributed by atoms with van der Waals surface area (Å²) in [5.41, 5.74) is -0.0555. The Kier molecular flexibility index (Phi) is 7.65. The highest BCUT2D eigenvalue weighted by molar-refractivity contribution is 7.89. The van der Waals surface area contributed by atoms with Gasteiger partial charge in [0.1, 0.15) is 6.04 Å². The average molecular weight is 625 g/mol. The summed E-state index contributed by atoms with van der Waals surface area (Å²) in [6, 6.07) is 16.5. The maximum absolute atomic E-state index is 14.5. The van der Waals surface area contributed by atoms with Gasteiger partial charge in [-0.1, -0.05) is 61.5 Å². The van der Waals surface area contributed by atoms with Crippen molar-refractivity contribution in [3.05, 3.63) is 99.3 Å². The van der Waals surface area contributed by atoms with Crippen molar-refractivity contribution in [2.75, 3.05) is 20.2 Å². The predicted octanol–water partition coefficient (Wildman–Crippen LogP) is 6.28. The highest BCUT2D eigenvalue weighted by Gasteiger charge is 2.46. The van der Waals surface area contributed by atoms with Crippen molar-refractivity contribution >= 4 is 26.8 Å². The van der Waals surface area contributed by atoms with E-state index >= 15 is 0 Å². The van der Waals surface area contributed by atoms with Gasteiger partial charge >= 0.3 is 12.1 Å². The van der Waals surface area contributed by atoms with Gasteiger partial charge in [0, 0.05) is 24.2 Å². The van der Waals surface area contributed by atoms with Crippen LogP contribution in [0.25, 0.3) is 21.9 Å². The van der Waals surface area contributed by atoms with Gasteiger partial charge in [0.2, 0.25) is 0 Å². The lowest BCUT2D eigenvalue weighted by atomic mass is 9.88. The number of rotatable bonds is 7. The van der Waals surface area contributed by atoms with Crippen LogP contribution in [0.2, 0.25) is 0 Å². The highest BCUT2D eigenvalue weighted by Crippen LogP contribution is 2.47. The van der Waals surface area contributed by atoms with E-state index in [9.17, 15) is 31.2 Å². The van der Waals surface area contributed by atoms with Crippen LogP contribution in [0.1, 0.15) is 60.4 Å². The first-order valence-corrected chi connectivity index (χ1v) is 15.9. The Bertz CT molecular complexity index is 1940. The van der Waals surface area contributed by atoms with Crippen LogP contribution in [-0.4, -0.2) is 43.5 Å². The van der Waals surface area contributed by atoms with Crippen molar-refractivity contribution in [1.29, 1.82) is 0 Å². The second-order valence-corrected chi connectivity index (χ2v) is 13.2. The Balaban J connectivity index is 1.77. The second-order valence-electron chi connectivity index (χ2n) is 11.3. The monoisotopic (exact) mass is 624 g/mol. The minimum Gasteiger partial charge on any atom is -0.467 e. The number of benzene rings is 3. The molecule has 6 rings (SSSR count). The van der Waals surface area contributed by atoms with Crippen LogP contribution < -0.4 is 5.56 Å². The van der Waals surface area contributed by atoms with Crippen molar-refractivity contribution in [1.82, 2.24) is 8.87 Å². The summed E-state index contributed by atoms with van der Waals surface area (Å²) in [5.74, 6) is -1.02. The zero-order chi connectivity index (χ0) is 31.4. The number of halogens is 3. The van der Waals surface area contributed by atoms with Gasteiger partial charge in [0.25, 0.3) is 15.6 Å². The van der Waals surface area contributed by atoms with Crippen molar-refractivity contribution < 1.29 is 31.1 Å². The molecule has 230 valence electrons. The van der Waals surface area contributed by atoms with Gasteiger partial charge in [0.05, 0.1) is 12.7 Å². The largest absolute Gasteiger partial charge is 0.467 e. The third-order valence-electron chi connectivity index (χ3n) is 8.44. The molecule has 2 heterocycles. The molecule has 1 aliphatic heterocycles. The minimum absolute atomic E-state index is 0.00579. The average Bonchev–Trinajstić information content (AvgIpc) is 3.83. The van der Waals surface area contributed by atoms with E-state index in [1.54, 1.807) is 6.92 Å². The third kappa shape index (κ3) is 5.11. The molecule has 11 heteroatoms. The Morgan fingerprint density at radius 1 is 1.02 bits per heavy atom. The number of methoxy groups -OCH3 is 1. The Hall–Kier alpha value is -3.96. The second kappa shape index (κ2) is 11.2. The topological polar surface area (TPSA) is 85.7 Å². The lowest BCUT2D eigenvalue weighted by molar-refractivity contribution is -0.145. The molecule has 0 N–H and O–H groups in total. The number of esters is 1. The van der Waals surface area contributed by atoms with Crippen molar-refractivity contribution in [2.45, 2.75) is 55.8 Å². The summed E-state index contributed by atoms with van der Waals surface area (Å²) < 4.78 is 77.9. The molecular weight excluding hydrogens is 593 g/mol. The summed E-state index contributed by atoms with van der Waals surface area (Å²) in [5, 5.41) is 1.34. The molecule has 0 radical (unpaired) electrons. The minimum atomic E-state index is -4.70. The number of alkyl halides is 3. The van der Waals surface area contributed by atoms with Crippen LogP contribution in [0.5, 0.6) is 0 Å². The number of carbonyl (C=O) groups excluding carboxylic acids is 1. The van der Waals surface area contributed by atoms with E-state index in [0.29, 0.717) is 30.4 Å². The van der Waals surface area contributed by atoms with Gasteiger partial charge in [-0.3, -0.25) is 9.36 Å². The number of aromatic nitrogens is 1. The van der Waals surface area contributed by atoms with Gasteiger partial charge in [-0.25, -0.2) is 13.2 Å². The summed E-state index contributed by atoms with van der Waals surface area (Å²) in [6.07, 6.45) is -2.85. The van der Waals surface area contributed by atoms with E-state index in [2.05, 4.69) is 0 Å². The number of ether oxygens (including phenoxy) is 1. The summed E-state index contributed by atoms with van der Waals surface area (Å²) in [4.78, 5) is 27.6. The molecule has 1 fully saturated rings. The molecule has 1 unspecified atom stereocenters. The number of carbonyl (C=O) groups is 1. The van der Waals surface area contributed by atoms with Gasteiger partial charge in [-0.05, 0) is 71.2 Å². The van der Waals surface area contributed by atoms with Crippen molar-refractivity contribution in [2.24, 2.45) is 0 Å². The van der Waals surface area contributed by atoms with Gasteiger partial charge in [-0.15, -0.1) is 0 Å². The zero-order valence-electron chi connectivity index (χ0n) is 24.2. The molecule has 2 aliphatic rings. The van der Waals surface area contributed by atoms with Gasteiger partial charge in [-0.2, -0.15) is 17.5 Å². The number of pyridine rings is 1. The first-order chi connectivity index (χ1) is 21.0. The smallest absolute Gasteiger partial charge is 0.416 e. The first kappa shape index (κ1) is 30.1. The number of hydrogen-bond acceptors (Lipinski definition) is 5. The van der Waals surface area contributed by atoms with E-state index in [0.717, 1.165) is 44.5 Å². The molecule has 7 nitrogen and oxygen atoms in total. The maximum atomic E-state index is 14.5. The number of fused-ring (bicyclic) bond motifs is 2. The van der Waals surface area contributed by atoms with E-state index in [-0.39, 0.29) is 36.6 Å². The molecule has 0 saturated heterocycles. The van der Waals surface area contributed by atoms with Gasteiger partial charge in [0.15, 0.2) is 5.03 Å². The predicted molar refractivity (Wildman–Crippen MR) is 160 cm³/mol. The Morgan fingerprint density at radius 3 is 2.41 bits per heavy atom. The molecule has 3 aromatic carbocycles. The molecule has 1 aliphatic carbocycles. The molecule has 1 saturated carbocycles. The Labute approximate surface area is 252 Å². The fourth-order valence-corrected chi connectivity index (χ4v) is 8.27. The number of hydrogen-bond donors (Lipinski definition) is 0. The summed E-state index contributed by atoms with van der Waals surface area (Å²) >= 11 is 0. The van der Waals surface area contributed by atoms with Crippen LogP contribution in [0.4, 0.5) is 13.2 Å². The first-order valence-electron chi connectivity index (χ1n) is 14.5. The molecule has 0 bridgehead atoms. The van der Waals surface area contributed by atoms with Crippen molar-refractivity contribution in [3.63, 3.8) is 0 Å². The van der Waals surface area contributed by atoms with E-state index < -0.39 is 44.4 Å². The lowest BCUT2D eigenvalue weighted by Gasteiger charge is -2.36. The van der Waals surface area contributed by atoms with E-state index in [4.69, 9.17) is 4.74 Å². The molecule has 0 spiro atoms. The molecule has 1 atom stereocenters. The SMILES string of the molecule is CCCN1CC(C(=O)OC)n2c(c(-c3cccc(C(F)(F)F)c3)c(Cc3cccc4ccccc34)c(C3CC3)c2=O)S1(=O)=O. The summed E-state index contributed by atoms with van der Waals surface area (Å²) in [6.45, 7) is 1.51. The maximum Gasteiger partial charge on any atom is 0.416 e. The van der Waals surface area contributed by atoms with Crippen LogP contribution in [-0.2, 0) is 32.2 Å². The number of nitrogens with zero attached hydrogens (tertiary/aromatic N) is 2. The fraction of sp³-hybridized carbons (Fsp3) is 0.333. The van der Waals surface area contributed by atoms with Crippen LogP contribution in [0.15, 0.2) is 76.6 Å². The molecule has 4 aromatic rings. The van der Waals surface area contributed by atoms with Crippen LogP contribution in [0, 0.1) is 0 Å². The quantitative estimate of drug-likeness (QED) is 0.226. The lowest BCUT2D eigenvalue weighted by Crippen LogP contribution is -2.50. The molecule has 1 aromatic heterocycles. The molecular formula is C33H31F3N2O5S. The molecule has 44 heavy (non-hydrogen) atoms. The molecule has 0 amide bonds. The Morgan fingerprint density at radius 2 is 1.73 bits per heavy atom. The standard InChI is InChI=1S/C33H31F3N2O5S/c1-3-16-37-19-27(32(40)43-2)38-30(39)28(21-14-15-21)26(18-22-10-6-9-20-8-4-5-13-25(20)22)29(31(38)44(37,41)42)23-11-7-12-24(17-23)33(34,35)36/h4-13,17,21,27H,3,14-16,18-19H2,1-2H3. The fourth-order valence-electron chi connectivity index (χ4n) is 6.31. The number of sulfonamides is 1.